The van der Waals surface area contributed by atoms with E-state index in [-0.39, 0.29) is 30.2 Å². The van der Waals surface area contributed by atoms with E-state index in [0.717, 1.165) is 16.8 Å². The molecule has 2 fully saturated rings. The van der Waals surface area contributed by atoms with Crippen LogP contribution in [0.25, 0.3) is 6.08 Å². The molecule has 1 aromatic carbocycles. The second-order valence-electron chi connectivity index (χ2n) is 7.00. The number of imide groups is 1. The maximum Gasteiger partial charge on any atom is 0.236 e. The molecule has 3 aliphatic rings. The summed E-state index contributed by atoms with van der Waals surface area (Å²) in [6.45, 7) is 7.34. The normalized spacial score (nSPS) is 29.5. The van der Waals surface area contributed by atoms with Crippen molar-refractivity contribution in [3.8, 4) is 0 Å². The second-order valence-corrected chi connectivity index (χ2v) is 7.00. The fraction of sp³-hybridized carbons (Fsp3) is 0.350. The van der Waals surface area contributed by atoms with E-state index in [1.54, 1.807) is 6.08 Å². The molecule has 25 heavy (non-hydrogen) atoms. The van der Waals surface area contributed by atoms with Gasteiger partial charge in [-0.2, -0.15) is 0 Å². The molecule has 0 N–H and O–H groups in total. The number of hydrogen-bond donors (Lipinski definition) is 0. The van der Waals surface area contributed by atoms with Crippen molar-refractivity contribution in [3.05, 3.63) is 48.1 Å². The SMILES string of the molecule is C=CCN1C(=O)[C@@H]2[C@H](C1=O)[C@H]1C=Cc3cc(C)ccc3N1[C@H]2C(C)=O. The summed E-state index contributed by atoms with van der Waals surface area (Å²) in [5.74, 6) is -1.67. The highest BCUT2D eigenvalue weighted by molar-refractivity contribution is 6.11. The van der Waals surface area contributed by atoms with Crippen LogP contribution in [0.3, 0.4) is 0 Å². The second kappa shape index (κ2) is 5.41. The van der Waals surface area contributed by atoms with Gasteiger partial charge in [0.2, 0.25) is 11.8 Å². The number of carbonyl (C=O) groups excluding carboxylic acids is 3. The van der Waals surface area contributed by atoms with Crippen molar-refractivity contribution in [1.29, 1.82) is 0 Å². The molecule has 1 aromatic rings. The summed E-state index contributed by atoms with van der Waals surface area (Å²) in [7, 11) is 0. The van der Waals surface area contributed by atoms with E-state index in [9.17, 15) is 14.4 Å². The van der Waals surface area contributed by atoms with E-state index in [1.807, 2.05) is 36.1 Å². The molecule has 128 valence electrons. The summed E-state index contributed by atoms with van der Waals surface area (Å²) < 4.78 is 0. The van der Waals surface area contributed by atoms with Gasteiger partial charge in [0.15, 0.2) is 5.78 Å². The maximum atomic E-state index is 12.9. The van der Waals surface area contributed by atoms with Gasteiger partial charge in [0.1, 0.15) is 6.04 Å². The van der Waals surface area contributed by atoms with E-state index in [4.69, 9.17) is 0 Å². The minimum absolute atomic E-state index is 0.0825. The van der Waals surface area contributed by atoms with Crippen LogP contribution in [0.2, 0.25) is 0 Å². The molecule has 2 saturated heterocycles. The highest BCUT2D eigenvalue weighted by atomic mass is 16.2. The average molecular weight is 336 g/mol. The molecular formula is C20H20N2O3. The van der Waals surface area contributed by atoms with Crippen molar-refractivity contribution in [2.75, 3.05) is 11.4 Å². The van der Waals surface area contributed by atoms with Crippen LogP contribution in [0.15, 0.2) is 36.9 Å². The Kier molecular flexibility index (Phi) is 3.42. The molecule has 0 radical (unpaired) electrons. The topological polar surface area (TPSA) is 57.7 Å². The lowest BCUT2D eigenvalue weighted by atomic mass is 9.88. The standard InChI is InChI=1S/C20H20N2O3/c1-4-9-21-19(24)16-15-8-6-13-10-11(2)5-7-14(13)22(15)18(12(3)23)17(16)20(21)25/h4-8,10,15-18H,1,9H2,2-3H3/t15-,16-,17-,18+/m1/s1. The minimum Gasteiger partial charge on any atom is -0.353 e. The number of hydrogen-bond acceptors (Lipinski definition) is 4. The number of ketones is 1. The van der Waals surface area contributed by atoms with Gasteiger partial charge >= 0.3 is 0 Å². The van der Waals surface area contributed by atoms with Gasteiger partial charge in [0, 0.05) is 12.2 Å². The third-order valence-electron chi connectivity index (χ3n) is 5.48. The van der Waals surface area contributed by atoms with Crippen LogP contribution >= 0.6 is 0 Å². The van der Waals surface area contributed by atoms with Crippen molar-refractivity contribution in [2.24, 2.45) is 11.8 Å². The summed E-state index contributed by atoms with van der Waals surface area (Å²) in [4.78, 5) is 41.4. The highest BCUT2D eigenvalue weighted by Crippen LogP contribution is 2.48. The Morgan fingerprint density at radius 2 is 1.96 bits per heavy atom. The Bertz CT molecular complexity index is 841. The van der Waals surface area contributed by atoms with Crippen molar-refractivity contribution in [2.45, 2.75) is 25.9 Å². The lowest BCUT2D eigenvalue weighted by molar-refractivity contribution is -0.140. The number of benzene rings is 1. The molecule has 0 unspecified atom stereocenters. The van der Waals surface area contributed by atoms with Crippen LogP contribution < -0.4 is 4.90 Å². The number of amides is 2. The quantitative estimate of drug-likeness (QED) is 0.625. The summed E-state index contributed by atoms with van der Waals surface area (Å²) in [6.07, 6.45) is 5.51. The monoisotopic (exact) mass is 336 g/mol. The molecule has 0 aromatic heterocycles. The lowest BCUT2D eigenvalue weighted by Gasteiger charge is -2.36. The van der Waals surface area contributed by atoms with Crippen molar-refractivity contribution in [1.82, 2.24) is 4.90 Å². The summed E-state index contributed by atoms with van der Waals surface area (Å²) in [5, 5.41) is 0. The van der Waals surface area contributed by atoms with Crippen LogP contribution in [-0.2, 0) is 14.4 Å². The predicted molar refractivity (Wildman–Crippen MR) is 94.8 cm³/mol. The van der Waals surface area contributed by atoms with E-state index in [0.29, 0.717) is 0 Å². The summed E-state index contributed by atoms with van der Waals surface area (Å²) >= 11 is 0. The molecule has 2 amide bonds. The largest absolute Gasteiger partial charge is 0.353 e. The Labute approximate surface area is 146 Å². The average Bonchev–Trinajstić information content (AvgIpc) is 3.04. The lowest BCUT2D eigenvalue weighted by Crippen LogP contribution is -2.48. The minimum atomic E-state index is -0.619. The first-order valence-electron chi connectivity index (χ1n) is 8.49. The van der Waals surface area contributed by atoms with Gasteiger partial charge in [-0.1, -0.05) is 29.9 Å². The van der Waals surface area contributed by atoms with E-state index in [1.165, 1.54) is 11.8 Å². The van der Waals surface area contributed by atoms with Crippen LogP contribution in [0.5, 0.6) is 0 Å². The number of fused-ring (bicyclic) bond motifs is 5. The predicted octanol–water partition coefficient (Wildman–Crippen LogP) is 1.96. The summed E-state index contributed by atoms with van der Waals surface area (Å²) in [6, 6.07) is 5.16. The number of likely N-dealkylation sites (tertiary alicyclic amines) is 1. The number of aryl methyl sites for hydroxylation is 1. The molecule has 0 saturated carbocycles. The summed E-state index contributed by atoms with van der Waals surface area (Å²) in [5.41, 5.74) is 3.07. The number of nitrogens with zero attached hydrogens (tertiary/aromatic N) is 2. The van der Waals surface area contributed by atoms with Gasteiger partial charge in [-0.25, -0.2) is 0 Å². The van der Waals surface area contributed by atoms with Crippen LogP contribution in [-0.4, -0.2) is 41.1 Å². The molecule has 4 rings (SSSR count). The molecule has 0 spiro atoms. The number of anilines is 1. The van der Waals surface area contributed by atoms with Gasteiger partial charge in [-0.3, -0.25) is 19.3 Å². The zero-order valence-electron chi connectivity index (χ0n) is 14.3. The fourth-order valence-corrected chi connectivity index (χ4v) is 4.52. The molecule has 3 heterocycles. The molecule has 4 atom stereocenters. The molecule has 3 aliphatic heterocycles. The molecule has 0 aliphatic carbocycles. The highest BCUT2D eigenvalue weighted by Gasteiger charge is 2.63. The van der Waals surface area contributed by atoms with Crippen LogP contribution in [0, 0.1) is 18.8 Å². The smallest absolute Gasteiger partial charge is 0.236 e. The Morgan fingerprint density at radius 3 is 2.64 bits per heavy atom. The third-order valence-corrected chi connectivity index (χ3v) is 5.48. The van der Waals surface area contributed by atoms with Gasteiger partial charge in [0.25, 0.3) is 0 Å². The fourth-order valence-electron chi connectivity index (χ4n) is 4.52. The molecule has 0 bridgehead atoms. The van der Waals surface area contributed by atoms with E-state index < -0.39 is 17.9 Å². The van der Waals surface area contributed by atoms with E-state index in [2.05, 4.69) is 12.6 Å². The molecule has 5 nitrogen and oxygen atoms in total. The third kappa shape index (κ3) is 2.05. The van der Waals surface area contributed by atoms with Crippen LogP contribution in [0.4, 0.5) is 5.69 Å². The first-order valence-corrected chi connectivity index (χ1v) is 8.49. The van der Waals surface area contributed by atoms with Crippen molar-refractivity contribution in [3.63, 3.8) is 0 Å². The van der Waals surface area contributed by atoms with Gasteiger partial charge in [-0.05, 0) is 31.5 Å². The zero-order valence-corrected chi connectivity index (χ0v) is 14.3. The Morgan fingerprint density at radius 1 is 1.24 bits per heavy atom. The Hall–Kier alpha value is -2.69. The zero-order chi connectivity index (χ0) is 17.9. The van der Waals surface area contributed by atoms with Gasteiger partial charge < -0.3 is 4.90 Å². The van der Waals surface area contributed by atoms with Gasteiger partial charge in [0.05, 0.1) is 17.9 Å². The number of Topliss-reactive ketones (excluding diaryl/α,β-unsaturated/α-hetero) is 1. The Balaban J connectivity index is 1.85. The molecular weight excluding hydrogens is 316 g/mol. The number of rotatable bonds is 3. The van der Waals surface area contributed by atoms with E-state index >= 15 is 0 Å². The number of carbonyl (C=O) groups is 3. The first kappa shape index (κ1) is 15.8. The molecule has 5 heteroatoms. The van der Waals surface area contributed by atoms with Gasteiger partial charge in [-0.15, -0.1) is 6.58 Å². The van der Waals surface area contributed by atoms with Crippen LogP contribution in [0.1, 0.15) is 18.1 Å². The first-order chi connectivity index (χ1) is 12.0. The van der Waals surface area contributed by atoms with Crippen molar-refractivity contribution < 1.29 is 14.4 Å². The maximum absolute atomic E-state index is 12.9. The van der Waals surface area contributed by atoms with Crippen molar-refractivity contribution >= 4 is 29.4 Å².